The Morgan fingerprint density at radius 2 is 1.95 bits per heavy atom. The van der Waals surface area contributed by atoms with Crippen LogP contribution in [0.3, 0.4) is 0 Å². The maximum atomic E-state index is 10.9. The van der Waals surface area contributed by atoms with Crippen molar-refractivity contribution in [1.29, 1.82) is 0 Å². The summed E-state index contributed by atoms with van der Waals surface area (Å²) in [7, 11) is -1.62. The largest absolute Gasteiger partial charge is 0.547 e. The van der Waals surface area contributed by atoms with Gasteiger partial charge in [-0.2, -0.15) is 0 Å². The molecule has 1 aliphatic carbocycles. The second-order valence-corrected chi connectivity index (χ2v) is 10.5. The molecule has 0 unspecified atom stereocenters. The third-order valence-electron chi connectivity index (χ3n) is 4.90. The summed E-state index contributed by atoms with van der Waals surface area (Å²) in [5.41, 5.74) is 0. The van der Waals surface area contributed by atoms with Gasteiger partial charge in [0, 0.05) is 12.3 Å². The van der Waals surface area contributed by atoms with Gasteiger partial charge in [-0.1, -0.05) is 26.8 Å². The summed E-state index contributed by atoms with van der Waals surface area (Å²) >= 11 is 0. The Balaban J connectivity index is 2.91. The second kappa shape index (κ2) is 8.45. The van der Waals surface area contributed by atoms with E-state index in [0.717, 1.165) is 43.7 Å². The Morgan fingerprint density at radius 3 is 2.45 bits per heavy atom. The average Bonchev–Trinajstić information content (AvgIpc) is 2.48. The van der Waals surface area contributed by atoms with Gasteiger partial charge in [0.15, 0.2) is 0 Å². The van der Waals surface area contributed by atoms with Gasteiger partial charge in [-0.25, -0.2) is 0 Å². The minimum atomic E-state index is -1.62. The lowest BCUT2D eigenvalue weighted by molar-refractivity contribution is -0.109. The van der Waals surface area contributed by atoms with Crippen molar-refractivity contribution in [3.05, 3.63) is 24.5 Å². The van der Waals surface area contributed by atoms with Crippen LogP contribution in [0, 0.1) is 11.8 Å². The number of carbonyl (C=O) groups excluding carboxylic acids is 1. The molecule has 2 nitrogen and oxygen atoms in total. The highest BCUT2D eigenvalue weighted by Crippen LogP contribution is 2.38. The van der Waals surface area contributed by atoms with Crippen LogP contribution in [-0.4, -0.2) is 14.6 Å². The molecule has 0 aromatic rings. The lowest BCUT2D eigenvalue weighted by Crippen LogP contribution is -2.38. The van der Waals surface area contributed by atoms with Crippen LogP contribution in [0.15, 0.2) is 24.5 Å². The first kappa shape index (κ1) is 17.2. The maximum absolute atomic E-state index is 10.9. The number of aldehydes is 1. The first-order valence-electron chi connectivity index (χ1n) is 8.09. The summed E-state index contributed by atoms with van der Waals surface area (Å²) in [5.74, 6) is 1.96. The van der Waals surface area contributed by atoms with E-state index in [1.807, 2.05) is 6.08 Å². The average molecular weight is 295 g/mol. The van der Waals surface area contributed by atoms with Gasteiger partial charge >= 0.3 is 0 Å². The number of hydrogen-bond donors (Lipinski definition) is 0. The summed E-state index contributed by atoms with van der Waals surface area (Å²) in [6.45, 7) is 10.7. The van der Waals surface area contributed by atoms with Crippen molar-refractivity contribution >= 4 is 14.6 Å². The highest BCUT2D eigenvalue weighted by molar-refractivity contribution is 6.73. The molecule has 0 bridgehead atoms. The van der Waals surface area contributed by atoms with E-state index < -0.39 is 8.32 Å². The fourth-order valence-electron chi connectivity index (χ4n) is 3.25. The molecule has 0 heterocycles. The van der Waals surface area contributed by atoms with Crippen molar-refractivity contribution < 1.29 is 9.22 Å². The molecule has 0 saturated carbocycles. The second-order valence-electron chi connectivity index (χ2n) is 5.82. The molecule has 0 aliphatic heterocycles. The predicted octanol–water partition coefficient (Wildman–Crippen LogP) is 5.08. The molecule has 0 spiro atoms. The topological polar surface area (TPSA) is 26.3 Å². The van der Waals surface area contributed by atoms with Crippen LogP contribution < -0.4 is 0 Å². The fraction of sp³-hybridized carbons (Fsp3) is 0.706. The Labute approximate surface area is 125 Å². The highest BCUT2D eigenvalue weighted by atomic mass is 28.4. The van der Waals surface area contributed by atoms with Crippen LogP contribution in [0.5, 0.6) is 0 Å². The molecule has 0 saturated heterocycles. The van der Waals surface area contributed by atoms with E-state index in [1.54, 1.807) is 0 Å². The zero-order valence-corrected chi connectivity index (χ0v) is 14.4. The molecule has 3 heteroatoms. The molecule has 0 radical (unpaired) electrons. The fourth-order valence-corrected chi connectivity index (χ4v) is 5.92. The quantitative estimate of drug-likeness (QED) is 0.336. The van der Waals surface area contributed by atoms with Gasteiger partial charge in [0.2, 0.25) is 8.32 Å². The van der Waals surface area contributed by atoms with Gasteiger partial charge in [0.1, 0.15) is 6.29 Å². The van der Waals surface area contributed by atoms with E-state index in [2.05, 4.69) is 33.4 Å². The van der Waals surface area contributed by atoms with Crippen molar-refractivity contribution in [3.63, 3.8) is 0 Å². The monoisotopic (exact) mass is 294 g/mol. The number of allylic oxidation sites excluding steroid dienone is 3. The lowest BCUT2D eigenvalue weighted by Gasteiger charge is -2.38. The summed E-state index contributed by atoms with van der Waals surface area (Å²) in [6, 6.07) is 3.49. The van der Waals surface area contributed by atoms with Crippen LogP contribution in [0.25, 0.3) is 0 Å². The number of carbonyl (C=O) groups is 1. The summed E-state index contributed by atoms with van der Waals surface area (Å²) in [5, 5.41) is 0. The van der Waals surface area contributed by atoms with E-state index in [4.69, 9.17) is 4.43 Å². The normalized spacial score (nSPS) is 23.1. The Bertz CT molecular complexity index is 337. The molecule has 1 aliphatic rings. The molecule has 0 aromatic carbocycles. The Hall–Kier alpha value is -0.833. The van der Waals surface area contributed by atoms with Gasteiger partial charge in [-0.15, -0.1) is 6.58 Å². The van der Waals surface area contributed by atoms with Gasteiger partial charge in [-0.05, 0) is 49.4 Å². The lowest BCUT2D eigenvalue weighted by atomic mass is 9.79. The standard InChI is InChI=1S/C17H30O2Si/c1-5-10-16-15(13-14-18)11-9-12-17(16)19-20(6-2,7-3)8-4/h5,12,14-16H,1,6-11,13H2,2-4H3/t15-,16-/m0/s1. The first-order chi connectivity index (χ1) is 9.66. The van der Waals surface area contributed by atoms with Crippen molar-refractivity contribution in [2.75, 3.05) is 0 Å². The molecule has 0 fully saturated rings. The SMILES string of the molecule is C=CC[C@@H]1C(O[Si](CC)(CC)CC)=CCC[C@H]1CC=O. The van der Waals surface area contributed by atoms with Crippen molar-refractivity contribution in [1.82, 2.24) is 0 Å². The minimum absolute atomic E-state index is 0.364. The predicted molar refractivity (Wildman–Crippen MR) is 88.1 cm³/mol. The van der Waals surface area contributed by atoms with Crippen LogP contribution in [0.2, 0.25) is 18.1 Å². The van der Waals surface area contributed by atoms with E-state index >= 15 is 0 Å². The molecule has 114 valence electrons. The number of rotatable bonds is 9. The Kier molecular flexibility index (Phi) is 7.28. The Morgan fingerprint density at radius 1 is 1.30 bits per heavy atom. The van der Waals surface area contributed by atoms with Crippen LogP contribution in [0.4, 0.5) is 0 Å². The van der Waals surface area contributed by atoms with E-state index in [-0.39, 0.29) is 0 Å². The highest BCUT2D eigenvalue weighted by Gasteiger charge is 2.36. The molecule has 20 heavy (non-hydrogen) atoms. The van der Waals surface area contributed by atoms with Crippen LogP contribution >= 0.6 is 0 Å². The van der Waals surface area contributed by atoms with Gasteiger partial charge in [0.25, 0.3) is 0 Å². The smallest absolute Gasteiger partial charge is 0.250 e. The minimum Gasteiger partial charge on any atom is -0.547 e. The zero-order chi connectivity index (χ0) is 15.0. The molecule has 0 aromatic heterocycles. The van der Waals surface area contributed by atoms with Crippen molar-refractivity contribution in [2.45, 2.75) is 64.6 Å². The summed E-state index contributed by atoms with van der Waals surface area (Å²) in [4.78, 5) is 10.9. The van der Waals surface area contributed by atoms with Gasteiger partial charge < -0.3 is 9.22 Å². The number of hydrogen-bond acceptors (Lipinski definition) is 2. The summed E-state index contributed by atoms with van der Waals surface area (Å²) in [6.07, 6.45) is 9.03. The molecular formula is C17H30O2Si. The van der Waals surface area contributed by atoms with Crippen LogP contribution in [-0.2, 0) is 9.22 Å². The van der Waals surface area contributed by atoms with E-state index in [1.165, 1.54) is 5.76 Å². The van der Waals surface area contributed by atoms with E-state index in [9.17, 15) is 4.79 Å². The first-order valence-corrected chi connectivity index (χ1v) is 10.6. The van der Waals surface area contributed by atoms with Gasteiger partial charge in [-0.3, -0.25) is 0 Å². The third-order valence-corrected chi connectivity index (χ3v) is 9.44. The molecule has 0 amide bonds. The van der Waals surface area contributed by atoms with Crippen molar-refractivity contribution in [3.8, 4) is 0 Å². The maximum Gasteiger partial charge on any atom is 0.250 e. The van der Waals surface area contributed by atoms with Crippen molar-refractivity contribution in [2.24, 2.45) is 11.8 Å². The van der Waals surface area contributed by atoms with Crippen LogP contribution in [0.1, 0.15) is 46.5 Å². The third kappa shape index (κ3) is 4.08. The van der Waals surface area contributed by atoms with Gasteiger partial charge in [0.05, 0.1) is 5.76 Å². The molecular weight excluding hydrogens is 264 g/mol. The van der Waals surface area contributed by atoms with E-state index in [0.29, 0.717) is 18.3 Å². The summed E-state index contributed by atoms with van der Waals surface area (Å²) < 4.78 is 6.60. The molecule has 0 N–H and O–H groups in total. The zero-order valence-electron chi connectivity index (χ0n) is 13.4. The molecule has 1 rings (SSSR count). The molecule has 2 atom stereocenters.